The summed E-state index contributed by atoms with van der Waals surface area (Å²) in [4.78, 5) is 4.57. The summed E-state index contributed by atoms with van der Waals surface area (Å²) in [7, 11) is 0. The summed E-state index contributed by atoms with van der Waals surface area (Å²) in [5.41, 5.74) is 3.49. The standard InChI is InChI=1S/C16H21ClN2S/c1-4-7-18-16(9-13-10-20-12(3)19-13)14-6-5-11(2)8-15(14)17/h5-6,8,10,16,18H,4,7,9H2,1-3H3. The lowest BCUT2D eigenvalue weighted by Gasteiger charge is -2.19. The van der Waals surface area contributed by atoms with Crippen LogP contribution in [0, 0.1) is 13.8 Å². The minimum atomic E-state index is 0.226. The molecule has 1 aromatic carbocycles. The van der Waals surface area contributed by atoms with E-state index in [9.17, 15) is 0 Å². The number of hydrogen-bond donors (Lipinski definition) is 1. The summed E-state index contributed by atoms with van der Waals surface area (Å²) in [6, 6.07) is 6.51. The molecule has 0 saturated carbocycles. The number of benzene rings is 1. The maximum Gasteiger partial charge on any atom is 0.0897 e. The van der Waals surface area contributed by atoms with Crippen LogP contribution < -0.4 is 5.32 Å². The van der Waals surface area contributed by atoms with Crippen LogP contribution in [-0.2, 0) is 6.42 Å². The molecule has 0 aliphatic rings. The fourth-order valence-corrected chi connectivity index (χ4v) is 3.23. The van der Waals surface area contributed by atoms with Gasteiger partial charge in [0.2, 0.25) is 0 Å². The van der Waals surface area contributed by atoms with Crippen LogP contribution >= 0.6 is 22.9 Å². The molecular formula is C16H21ClN2S. The SMILES string of the molecule is CCCNC(Cc1csc(C)n1)c1ccc(C)cc1Cl. The highest BCUT2D eigenvalue weighted by Crippen LogP contribution is 2.27. The Morgan fingerprint density at radius 1 is 1.35 bits per heavy atom. The lowest BCUT2D eigenvalue weighted by molar-refractivity contribution is 0.525. The molecule has 0 bridgehead atoms. The van der Waals surface area contributed by atoms with Crippen molar-refractivity contribution in [2.75, 3.05) is 6.54 Å². The smallest absolute Gasteiger partial charge is 0.0897 e. The van der Waals surface area contributed by atoms with Crippen molar-refractivity contribution >= 4 is 22.9 Å². The first-order valence-electron chi connectivity index (χ1n) is 7.00. The predicted molar refractivity (Wildman–Crippen MR) is 87.8 cm³/mol. The van der Waals surface area contributed by atoms with Crippen LogP contribution in [0.15, 0.2) is 23.6 Å². The Morgan fingerprint density at radius 3 is 2.75 bits per heavy atom. The van der Waals surface area contributed by atoms with Crippen LogP contribution in [0.4, 0.5) is 0 Å². The number of halogens is 1. The second-order valence-corrected chi connectivity index (χ2v) is 6.56. The van der Waals surface area contributed by atoms with Crippen molar-refractivity contribution in [1.82, 2.24) is 10.3 Å². The van der Waals surface area contributed by atoms with Gasteiger partial charge in [0.05, 0.1) is 10.7 Å². The topological polar surface area (TPSA) is 24.9 Å². The van der Waals surface area contributed by atoms with E-state index in [1.54, 1.807) is 11.3 Å². The molecular weight excluding hydrogens is 288 g/mol. The Bertz CT molecular complexity index is 565. The van der Waals surface area contributed by atoms with E-state index >= 15 is 0 Å². The third-order valence-electron chi connectivity index (χ3n) is 3.25. The Kier molecular flexibility index (Phi) is 5.58. The fourth-order valence-electron chi connectivity index (χ4n) is 2.24. The molecule has 2 nitrogen and oxygen atoms in total. The molecule has 0 fully saturated rings. The second kappa shape index (κ2) is 7.21. The van der Waals surface area contributed by atoms with E-state index in [1.807, 2.05) is 13.0 Å². The number of hydrogen-bond acceptors (Lipinski definition) is 3. The zero-order valence-corrected chi connectivity index (χ0v) is 13.8. The van der Waals surface area contributed by atoms with Gasteiger partial charge in [0.25, 0.3) is 0 Å². The summed E-state index contributed by atoms with van der Waals surface area (Å²) in [6.07, 6.45) is 1.99. The highest BCUT2D eigenvalue weighted by Gasteiger charge is 2.16. The molecule has 4 heteroatoms. The number of rotatable bonds is 6. The van der Waals surface area contributed by atoms with E-state index in [1.165, 1.54) is 5.56 Å². The van der Waals surface area contributed by atoms with Crippen molar-refractivity contribution in [3.63, 3.8) is 0 Å². The monoisotopic (exact) mass is 308 g/mol. The van der Waals surface area contributed by atoms with E-state index in [4.69, 9.17) is 11.6 Å². The van der Waals surface area contributed by atoms with Gasteiger partial charge in [0, 0.05) is 22.9 Å². The molecule has 0 radical (unpaired) electrons. The van der Waals surface area contributed by atoms with Gasteiger partial charge in [0.1, 0.15) is 0 Å². The van der Waals surface area contributed by atoms with E-state index in [0.29, 0.717) is 0 Å². The number of aromatic nitrogens is 1. The van der Waals surface area contributed by atoms with Crippen LogP contribution in [0.1, 0.15) is 41.2 Å². The van der Waals surface area contributed by atoms with Crippen LogP contribution in [0.25, 0.3) is 0 Å². The molecule has 1 unspecified atom stereocenters. The van der Waals surface area contributed by atoms with Crippen LogP contribution in [0.2, 0.25) is 5.02 Å². The normalized spacial score (nSPS) is 12.6. The highest BCUT2D eigenvalue weighted by molar-refractivity contribution is 7.09. The van der Waals surface area contributed by atoms with Gasteiger partial charge in [-0.15, -0.1) is 11.3 Å². The minimum Gasteiger partial charge on any atom is -0.310 e. The third kappa shape index (κ3) is 4.05. The lowest BCUT2D eigenvalue weighted by Crippen LogP contribution is -2.24. The number of thiazole rings is 1. The predicted octanol–water partition coefficient (Wildman–Crippen LogP) is 4.70. The van der Waals surface area contributed by atoms with Crippen molar-refractivity contribution in [2.24, 2.45) is 0 Å². The van der Waals surface area contributed by atoms with Crippen molar-refractivity contribution in [3.05, 3.63) is 50.4 Å². The van der Waals surface area contributed by atoms with Gasteiger partial charge in [-0.05, 0) is 44.0 Å². The molecule has 0 saturated heterocycles. The van der Waals surface area contributed by atoms with Crippen LogP contribution in [-0.4, -0.2) is 11.5 Å². The Hall–Kier alpha value is -0.900. The Morgan fingerprint density at radius 2 is 2.15 bits per heavy atom. The molecule has 108 valence electrons. The molecule has 0 aliphatic carbocycles. The highest BCUT2D eigenvalue weighted by atomic mass is 35.5. The first-order valence-corrected chi connectivity index (χ1v) is 8.26. The minimum absolute atomic E-state index is 0.226. The Balaban J connectivity index is 2.22. The zero-order chi connectivity index (χ0) is 14.5. The lowest BCUT2D eigenvalue weighted by atomic mass is 10.0. The number of nitrogens with one attached hydrogen (secondary N) is 1. The molecule has 1 heterocycles. The van der Waals surface area contributed by atoms with Crippen molar-refractivity contribution in [1.29, 1.82) is 0 Å². The van der Waals surface area contributed by atoms with E-state index in [2.05, 4.69) is 41.7 Å². The molecule has 2 aromatic rings. The largest absolute Gasteiger partial charge is 0.310 e. The summed E-state index contributed by atoms with van der Waals surface area (Å²) in [5, 5.41) is 7.67. The van der Waals surface area contributed by atoms with Gasteiger partial charge in [-0.2, -0.15) is 0 Å². The summed E-state index contributed by atoms with van der Waals surface area (Å²) in [6.45, 7) is 7.27. The van der Waals surface area contributed by atoms with Crippen molar-refractivity contribution in [3.8, 4) is 0 Å². The van der Waals surface area contributed by atoms with Gasteiger partial charge in [0.15, 0.2) is 0 Å². The summed E-state index contributed by atoms with van der Waals surface area (Å²) < 4.78 is 0. The second-order valence-electron chi connectivity index (χ2n) is 5.09. The van der Waals surface area contributed by atoms with Gasteiger partial charge in [-0.25, -0.2) is 4.98 Å². The molecule has 1 N–H and O–H groups in total. The maximum absolute atomic E-state index is 6.42. The molecule has 1 aromatic heterocycles. The summed E-state index contributed by atoms with van der Waals surface area (Å²) >= 11 is 8.12. The molecule has 2 rings (SSSR count). The molecule has 0 spiro atoms. The molecule has 20 heavy (non-hydrogen) atoms. The number of aryl methyl sites for hydroxylation is 2. The Labute approximate surface area is 130 Å². The van der Waals surface area contributed by atoms with Gasteiger partial charge in [-0.1, -0.05) is 30.7 Å². The van der Waals surface area contributed by atoms with Crippen molar-refractivity contribution < 1.29 is 0 Å². The first kappa shape index (κ1) is 15.5. The van der Waals surface area contributed by atoms with Gasteiger partial charge < -0.3 is 5.32 Å². The third-order valence-corrected chi connectivity index (χ3v) is 4.40. The fraction of sp³-hybridized carbons (Fsp3) is 0.438. The van der Waals surface area contributed by atoms with Crippen molar-refractivity contribution in [2.45, 2.75) is 39.7 Å². The average Bonchev–Trinajstić information content (AvgIpc) is 2.80. The number of nitrogens with zero attached hydrogens (tertiary/aromatic N) is 1. The van der Waals surface area contributed by atoms with Crippen LogP contribution in [0.5, 0.6) is 0 Å². The zero-order valence-electron chi connectivity index (χ0n) is 12.2. The molecule has 0 amide bonds. The van der Waals surface area contributed by atoms with E-state index in [-0.39, 0.29) is 6.04 Å². The molecule has 0 aliphatic heterocycles. The first-order chi connectivity index (χ1) is 9.60. The maximum atomic E-state index is 6.42. The van der Waals surface area contributed by atoms with E-state index in [0.717, 1.165) is 40.7 Å². The summed E-state index contributed by atoms with van der Waals surface area (Å²) in [5.74, 6) is 0. The van der Waals surface area contributed by atoms with Gasteiger partial charge >= 0.3 is 0 Å². The van der Waals surface area contributed by atoms with Gasteiger partial charge in [-0.3, -0.25) is 0 Å². The molecule has 1 atom stereocenters. The van der Waals surface area contributed by atoms with Crippen LogP contribution in [0.3, 0.4) is 0 Å². The average molecular weight is 309 g/mol. The van der Waals surface area contributed by atoms with E-state index < -0.39 is 0 Å². The quantitative estimate of drug-likeness (QED) is 0.837.